The van der Waals surface area contributed by atoms with Gasteiger partial charge in [-0.15, -0.1) is 0 Å². The van der Waals surface area contributed by atoms with E-state index in [9.17, 15) is 4.79 Å². The second-order valence-corrected chi connectivity index (χ2v) is 3.85. The van der Waals surface area contributed by atoms with Crippen molar-refractivity contribution in [3.63, 3.8) is 0 Å². The molecule has 84 valence electrons. The highest BCUT2D eigenvalue weighted by Gasteiger charge is 2.16. The first kappa shape index (κ1) is 12.0. The fourth-order valence-corrected chi connectivity index (χ4v) is 1.74. The van der Waals surface area contributed by atoms with E-state index in [0.717, 1.165) is 45.4 Å². The van der Waals surface area contributed by atoms with Crippen molar-refractivity contribution in [1.29, 1.82) is 5.26 Å². The first-order chi connectivity index (χ1) is 7.34. The van der Waals surface area contributed by atoms with Crippen molar-refractivity contribution in [2.45, 2.75) is 32.1 Å². The zero-order chi connectivity index (χ0) is 10.9. The summed E-state index contributed by atoms with van der Waals surface area (Å²) in [5.74, 6) is 0.264. The molecule has 15 heavy (non-hydrogen) atoms. The summed E-state index contributed by atoms with van der Waals surface area (Å²) in [5, 5.41) is 11.5. The molecule has 0 aromatic rings. The number of unbranched alkanes of at least 4 members (excludes halogenated alkanes) is 1. The van der Waals surface area contributed by atoms with Gasteiger partial charge in [0.05, 0.1) is 6.07 Å². The van der Waals surface area contributed by atoms with E-state index in [2.05, 4.69) is 11.4 Å². The zero-order valence-electron chi connectivity index (χ0n) is 9.17. The number of amides is 1. The van der Waals surface area contributed by atoms with Gasteiger partial charge in [0, 0.05) is 32.5 Å². The average molecular weight is 209 g/mol. The maximum atomic E-state index is 11.6. The van der Waals surface area contributed by atoms with Gasteiger partial charge in [-0.1, -0.05) is 0 Å². The van der Waals surface area contributed by atoms with Crippen molar-refractivity contribution in [3.05, 3.63) is 0 Å². The van der Waals surface area contributed by atoms with Crippen LogP contribution in [0.2, 0.25) is 0 Å². The predicted octanol–water partition coefficient (Wildman–Crippen LogP) is 0.892. The summed E-state index contributed by atoms with van der Waals surface area (Å²) in [7, 11) is 0. The molecule has 1 heterocycles. The van der Waals surface area contributed by atoms with E-state index < -0.39 is 0 Å². The first-order valence-electron chi connectivity index (χ1n) is 5.70. The lowest BCUT2D eigenvalue weighted by Crippen LogP contribution is -2.30. The van der Waals surface area contributed by atoms with Gasteiger partial charge in [-0.2, -0.15) is 5.26 Å². The van der Waals surface area contributed by atoms with E-state index in [1.165, 1.54) is 0 Å². The van der Waals surface area contributed by atoms with E-state index in [1.807, 2.05) is 4.90 Å². The molecular weight excluding hydrogens is 190 g/mol. The lowest BCUT2D eigenvalue weighted by molar-refractivity contribution is -0.130. The number of nitrogens with zero attached hydrogens (tertiary/aromatic N) is 2. The lowest BCUT2D eigenvalue weighted by Gasteiger charge is -2.14. The van der Waals surface area contributed by atoms with Crippen LogP contribution in [0.5, 0.6) is 0 Å². The van der Waals surface area contributed by atoms with Crippen LogP contribution < -0.4 is 5.32 Å². The van der Waals surface area contributed by atoms with E-state index in [-0.39, 0.29) is 5.91 Å². The number of likely N-dealkylation sites (tertiary alicyclic amines) is 1. The fourth-order valence-electron chi connectivity index (χ4n) is 1.74. The topological polar surface area (TPSA) is 56.1 Å². The Morgan fingerprint density at radius 1 is 1.33 bits per heavy atom. The van der Waals surface area contributed by atoms with Gasteiger partial charge in [-0.25, -0.2) is 0 Å². The van der Waals surface area contributed by atoms with Crippen molar-refractivity contribution in [2.75, 3.05) is 26.2 Å². The summed E-state index contributed by atoms with van der Waals surface area (Å²) >= 11 is 0. The molecule has 0 unspecified atom stereocenters. The summed E-state index contributed by atoms with van der Waals surface area (Å²) in [6.07, 6.45) is 4.36. The number of nitrogens with one attached hydrogen (secondary N) is 1. The normalized spacial score (nSPS) is 15.3. The number of hydrogen-bond acceptors (Lipinski definition) is 3. The number of carbonyl (C=O) groups is 1. The van der Waals surface area contributed by atoms with Crippen LogP contribution in [0.4, 0.5) is 0 Å². The number of rotatable bonds is 6. The molecule has 0 bridgehead atoms. The van der Waals surface area contributed by atoms with Crippen LogP contribution in [-0.2, 0) is 4.79 Å². The van der Waals surface area contributed by atoms with Gasteiger partial charge in [0.1, 0.15) is 0 Å². The lowest BCUT2D eigenvalue weighted by atomic mass is 10.3. The van der Waals surface area contributed by atoms with Crippen molar-refractivity contribution in [2.24, 2.45) is 0 Å². The molecule has 1 fully saturated rings. The molecule has 0 aromatic carbocycles. The molecule has 0 spiro atoms. The highest BCUT2D eigenvalue weighted by Crippen LogP contribution is 2.08. The van der Waals surface area contributed by atoms with Gasteiger partial charge in [-0.05, 0) is 25.8 Å². The molecule has 1 N–H and O–H groups in total. The third-order valence-corrected chi connectivity index (χ3v) is 2.62. The van der Waals surface area contributed by atoms with Gasteiger partial charge in [0.15, 0.2) is 0 Å². The summed E-state index contributed by atoms with van der Waals surface area (Å²) in [5.41, 5.74) is 0. The van der Waals surface area contributed by atoms with E-state index in [4.69, 9.17) is 5.26 Å². The first-order valence-corrected chi connectivity index (χ1v) is 5.70. The monoisotopic (exact) mass is 209 g/mol. The van der Waals surface area contributed by atoms with Crippen molar-refractivity contribution < 1.29 is 4.79 Å². The summed E-state index contributed by atoms with van der Waals surface area (Å²) in [4.78, 5) is 13.5. The molecule has 1 amide bonds. The fraction of sp³-hybridized carbons (Fsp3) is 0.818. The Balaban J connectivity index is 1.95. The third-order valence-electron chi connectivity index (χ3n) is 2.62. The maximum absolute atomic E-state index is 11.6. The Morgan fingerprint density at radius 3 is 2.73 bits per heavy atom. The van der Waals surface area contributed by atoms with E-state index >= 15 is 0 Å². The molecule has 0 saturated carbocycles. The molecule has 4 nitrogen and oxygen atoms in total. The predicted molar refractivity (Wildman–Crippen MR) is 58.1 cm³/mol. The quantitative estimate of drug-likeness (QED) is 0.661. The minimum absolute atomic E-state index is 0.264. The highest BCUT2D eigenvalue weighted by molar-refractivity contribution is 5.76. The van der Waals surface area contributed by atoms with Gasteiger partial charge in [0.25, 0.3) is 0 Å². The molecule has 1 aliphatic rings. The Morgan fingerprint density at radius 2 is 2.07 bits per heavy atom. The van der Waals surface area contributed by atoms with E-state index in [0.29, 0.717) is 12.8 Å². The Bertz CT molecular complexity index is 228. The molecule has 0 aromatic heterocycles. The molecule has 4 heteroatoms. The highest BCUT2D eigenvalue weighted by atomic mass is 16.2. The van der Waals surface area contributed by atoms with E-state index in [1.54, 1.807) is 0 Å². The molecule has 0 atom stereocenters. The molecule has 1 saturated heterocycles. The smallest absolute Gasteiger partial charge is 0.223 e. The average Bonchev–Trinajstić information content (AvgIpc) is 2.76. The minimum atomic E-state index is 0.264. The molecule has 0 radical (unpaired) electrons. The Hall–Kier alpha value is -1.08. The standard InChI is InChI=1S/C11H19N3O/c12-6-1-2-7-13-8-5-11(15)14-9-3-4-10-14/h13H,1-5,7-10H2. The van der Waals surface area contributed by atoms with Crippen LogP contribution in [0.1, 0.15) is 32.1 Å². The summed E-state index contributed by atoms with van der Waals surface area (Å²) in [6.45, 7) is 3.45. The molecular formula is C11H19N3O. The zero-order valence-corrected chi connectivity index (χ0v) is 9.17. The van der Waals surface area contributed by atoms with Gasteiger partial charge in [0.2, 0.25) is 5.91 Å². The number of hydrogen-bond donors (Lipinski definition) is 1. The van der Waals surface area contributed by atoms with Crippen LogP contribution in [0.25, 0.3) is 0 Å². The van der Waals surface area contributed by atoms with Gasteiger partial charge < -0.3 is 10.2 Å². The molecule has 1 aliphatic heterocycles. The maximum Gasteiger partial charge on any atom is 0.223 e. The number of carbonyl (C=O) groups excluding carboxylic acids is 1. The largest absolute Gasteiger partial charge is 0.343 e. The van der Waals surface area contributed by atoms with Crippen LogP contribution in [0.15, 0.2) is 0 Å². The Kier molecular flexibility index (Phi) is 5.79. The SMILES string of the molecule is N#CCCCNCCC(=O)N1CCCC1. The number of nitriles is 1. The van der Waals surface area contributed by atoms with Crippen molar-refractivity contribution >= 4 is 5.91 Å². The van der Waals surface area contributed by atoms with Crippen molar-refractivity contribution in [1.82, 2.24) is 10.2 Å². The van der Waals surface area contributed by atoms with Gasteiger partial charge >= 0.3 is 0 Å². The van der Waals surface area contributed by atoms with Gasteiger partial charge in [-0.3, -0.25) is 4.79 Å². The van der Waals surface area contributed by atoms with Crippen LogP contribution >= 0.6 is 0 Å². The molecule has 1 rings (SSSR count). The minimum Gasteiger partial charge on any atom is -0.343 e. The third kappa shape index (κ3) is 4.80. The summed E-state index contributed by atoms with van der Waals surface area (Å²) < 4.78 is 0. The second kappa shape index (κ2) is 7.24. The summed E-state index contributed by atoms with van der Waals surface area (Å²) in [6, 6.07) is 2.10. The second-order valence-electron chi connectivity index (χ2n) is 3.85. The van der Waals surface area contributed by atoms with Crippen molar-refractivity contribution in [3.8, 4) is 6.07 Å². The van der Waals surface area contributed by atoms with Crippen LogP contribution in [0, 0.1) is 11.3 Å². The molecule has 0 aliphatic carbocycles. The van der Waals surface area contributed by atoms with Crippen LogP contribution in [0.3, 0.4) is 0 Å². The van der Waals surface area contributed by atoms with Crippen LogP contribution in [-0.4, -0.2) is 37.0 Å². The Labute approximate surface area is 91.2 Å².